The van der Waals surface area contributed by atoms with E-state index >= 15 is 0 Å². The molecule has 5 heteroatoms. The summed E-state index contributed by atoms with van der Waals surface area (Å²) in [5.74, 6) is 3.08. The Morgan fingerprint density at radius 2 is 1.55 bits per heavy atom. The molecule has 0 radical (unpaired) electrons. The first-order chi connectivity index (χ1) is 9.50. The van der Waals surface area contributed by atoms with Crippen LogP contribution in [0.5, 0.6) is 0 Å². The predicted molar refractivity (Wildman–Crippen MR) is 75.7 cm³/mol. The van der Waals surface area contributed by atoms with Crippen molar-refractivity contribution >= 4 is 15.7 Å². The van der Waals surface area contributed by atoms with Crippen LogP contribution in [0.3, 0.4) is 0 Å². The molecule has 0 aromatic carbocycles. The molecular weight excluding hydrogens is 274 g/mol. The molecule has 4 bridgehead atoms. The van der Waals surface area contributed by atoms with Gasteiger partial charge in [-0.05, 0) is 62.2 Å². The Bertz CT molecular complexity index is 499. The lowest BCUT2D eigenvalue weighted by Gasteiger charge is -2.54. The monoisotopic (exact) mass is 297 g/mol. The Morgan fingerprint density at radius 3 is 2.05 bits per heavy atom. The maximum absolute atomic E-state index is 12.3. The second-order valence-electron chi connectivity index (χ2n) is 7.57. The number of amides is 1. The number of hydrogen-bond donors (Lipinski definition) is 1. The van der Waals surface area contributed by atoms with E-state index in [1.165, 1.54) is 32.1 Å². The average molecular weight is 297 g/mol. The molecule has 1 aliphatic heterocycles. The van der Waals surface area contributed by atoms with Crippen LogP contribution >= 0.6 is 0 Å². The second kappa shape index (κ2) is 4.46. The molecule has 1 N–H and O–H groups in total. The Hall–Kier alpha value is -0.580. The van der Waals surface area contributed by atoms with Crippen LogP contribution in [0.25, 0.3) is 0 Å². The molecule has 1 saturated heterocycles. The zero-order valence-corrected chi connectivity index (χ0v) is 12.6. The van der Waals surface area contributed by atoms with Crippen molar-refractivity contribution < 1.29 is 13.2 Å². The van der Waals surface area contributed by atoms with Gasteiger partial charge in [0.25, 0.3) is 0 Å². The van der Waals surface area contributed by atoms with Crippen LogP contribution in [0.2, 0.25) is 0 Å². The van der Waals surface area contributed by atoms with Crippen LogP contribution in [-0.4, -0.2) is 31.9 Å². The Kier molecular flexibility index (Phi) is 2.92. The SMILES string of the molecule is O=C(NC1C2CC3CC(C2)CC1C3)C1CCS(=O)(=O)C1. The highest BCUT2D eigenvalue weighted by molar-refractivity contribution is 7.91. The lowest BCUT2D eigenvalue weighted by Crippen LogP contribution is -2.56. The van der Waals surface area contributed by atoms with Crippen LogP contribution in [0.15, 0.2) is 0 Å². The lowest BCUT2D eigenvalue weighted by molar-refractivity contribution is -0.128. The summed E-state index contributed by atoms with van der Waals surface area (Å²) in [6.07, 6.45) is 7.04. The van der Waals surface area contributed by atoms with Crippen molar-refractivity contribution in [2.75, 3.05) is 11.5 Å². The summed E-state index contributed by atoms with van der Waals surface area (Å²) < 4.78 is 23.0. The van der Waals surface area contributed by atoms with E-state index in [1.54, 1.807) is 0 Å². The quantitative estimate of drug-likeness (QED) is 0.837. The van der Waals surface area contributed by atoms with E-state index in [0.717, 1.165) is 11.8 Å². The van der Waals surface area contributed by atoms with Crippen LogP contribution in [-0.2, 0) is 14.6 Å². The molecule has 5 fully saturated rings. The van der Waals surface area contributed by atoms with Crippen LogP contribution in [0.1, 0.15) is 38.5 Å². The zero-order chi connectivity index (χ0) is 13.9. The number of rotatable bonds is 2. The lowest BCUT2D eigenvalue weighted by atomic mass is 9.54. The third-order valence-corrected chi connectivity index (χ3v) is 7.91. The zero-order valence-electron chi connectivity index (χ0n) is 11.8. The third kappa shape index (κ3) is 2.18. The smallest absolute Gasteiger partial charge is 0.224 e. The van der Waals surface area contributed by atoms with Gasteiger partial charge in [0.15, 0.2) is 9.84 Å². The Morgan fingerprint density at radius 1 is 0.950 bits per heavy atom. The van der Waals surface area contributed by atoms with Crippen molar-refractivity contribution in [2.45, 2.75) is 44.6 Å². The molecule has 1 heterocycles. The number of hydrogen-bond acceptors (Lipinski definition) is 3. The van der Waals surface area contributed by atoms with Gasteiger partial charge < -0.3 is 5.32 Å². The van der Waals surface area contributed by atoms with Crippen LogP contribution in [0, 0.1) is 29.6 Å². The molecule has 112 valence electrons. The second-order valence-corrected chi connectivity index (χ2v) is 9.79. The molecule has 20 heavy (non-hydrogen) atoms. The summed E-state index contributed by atoms with van der Waals surface area (Å²) >= 11 is 0. The fourth-order valence-electron chi connectivity index (χ4n) is 5.44. The molecule has 4 saturated carbocycles. The van der Waals surface area contributed by atoms with Gasteiger partial charge in [-0.15, -0.1) is 0 Å². The van der Waals surface area contributed by atoms with Crippen molar-refractivity contribution in [1.29, 1.82) is 0 Å². The van der Waals surface area contributed by atoms with Crippen molar-refractivity contribution in [1.82, 2.24) is 5.32 Å². The number of carbonyl (C=O) groups excluding carboxylic acids is 1. The van der Waals surface area contributed by atoms with Crippen molar-refractivity contribution in [3.8, 4) is 0 Å². The minimum Gasteiger partial charge on any atom is -0.353 e. The highest BCUT2D eigenvalue weighted by Gasteiger charge is 2.49. The first-order valence-electron chi connectivity index (χ1n) is 8.01. The average Bonchev–Trinajstić information content (AvgIpc) is 2.73. The maximum atomic E-state index is 12.3. The van der Waals surface area contributed by atoms with E-state index in [-0.39, 0.29) is 23.3 Å². The fraction of sp³-hybridized carbons (Fsp3) is 0.933. The topological polar surface area (TPSA) is 63.2 Å². The van der Waals surface area contributed by atoms with Gasteiger partial charge in [0.05, 0.1) is 17.4 Å². The maximum Gasteiger partial charge on any atom is 0.224 e. The molecule has 1 atom stereocenters. The summed E-state index contributed by atoms with van der Waals surface area (Å²) in [5.41, 5.74) is 0. The van der Waals surface area contributed by atoms with Crippen LogP contribution < -0.4 is 5.32 Å². The number of carbonyl (C=O) groups is 1. The summed E-state index contributed by atoms with van der Waals surface area (Å²) in [7, 11) is -2.96. The van der Waals surface area contributed by atoms with Crippen LogP contribution in [0.4, 0.5) is 0 Å². The number of sulfone groups is 1. The van der Waals surface area contributed by atoms with Gasteiger partial charge in [-0.2, -0.15) is 0 Å². The van der Waals surface area contributed by atoms with Gasteiger partial charge in [0, 0.05) is 6.04 Å². The van der Waals surface area contributed by atoms with Crippen molar-refractivity contribution in [3.05, 3.63) is 0 Å². The molecule has 4 nitrogen and oxygen atoms in total. The molecule has 4 aliphatic carbocycles. The van der Waals surface area contributed by atoms with Gasteiger partial charge in [0.2, 0.25) is 5.91 Å². The molecule has 0 aromatic rings. The van der Waals surface area contributed by atoms with Gasteiger partial charge in [-0.3, -0.25) is 4.79 Å². The Labute approximate surface area is 120 Å². The van der Waals surface area contributed by atoms with Gasteiger partial charge >= 0.3 is 0 Å². The molecule has 5 aliphatic rings. The van der Waals surface area contributed by atoms with E-state index in [0.29, 0.717) is 24.3 Å². The minimum absolute atomic E-state index is 0.00329. The molecular formula is C15H23NO3S. The van der Waals surface area contributed by atoms with Crippen molar-refractivity contribution in [3.63, 3.8) is 0 Å². The van der Waals surface area contributed by atoms with E-state index < -0.39 is 9.84 Å². The first kappa shape index (κ1) is 13.1. The molecule has 0 aromatic heterocycles. The summed E-state index contributed by atoms with van der Waals surface area (Å²) in [5, 5.41) is 3.24. The molecule has 5 rings (SSSR count). The van der Waals surface area contributed by atoms with Gasteiger partial charge in [-0.1, -0.05) is 0 Å². The van der Waals surface area contributed by atoms with E-state index in [4.69, 9.17) is 0 Å². The normalized spacial score (nSPS) is 48.4. The molecule has 1 unspecified atom stereocenters. The molecule has 1 amide bonds. The summed E-state index contributed by atoms with van der Waals surface area (Å²) in [6, 6.07) is 0.332. The standard InChI is InChI=1S/C15H23NO3S/c17-15(11-1-2-20(18,19)8-11)16-14-12-4-9-3-10(6-12)7-13(14)5-9/h9-14H,1-8H2,(H,16,17). The van der Waals surface area contributed by atoms with E-state index in [9.17, 15) is 13.2 Å². The van der Waals surface area contributed by atoms with Gasteiger partial charge in [0.1, 0.15) is 0 Å². The van der Waals surface area contributed by atoms with Gasteiger partial charge in [-0.25, -0.2) is 8.42 Å². The predicted octanol–water partition coefficient (Wildman–Crippen LogP) is 1.36. The number of nitrogens with one attached hydrogen (secondary N) is 1. The molecule has 0 spiro atoms. The third-order valence-electron chi connectivity index (χ3n) is 6.14. The highest BCUT2D eigenvalue weighted by atomic mass is 32.2. The Balaban J connectivity index is 1.43. The van der Waals surface area contributed by atoms with E-state index in [2.05, 4.69) is 5.32 Å². The first-order valence-corrected chi connectivity index (χ1v) is 9.83. The van der Waals surface area contributed by atoms with Crippen molar-refractivity contribution in [2.24, 2.45) is 29.6 Å². The van der Waals surface area contributed by atoms with E-state index in [1.807, 2.05) is 0 Å². The minimum atomic E-state index is -2.96. The largest absolute Gasteiger partial charge is 0.353 e. The summed E-state index contributed by atoms with van der Waals surface area (Å²) in [4.78, 5) is 12.3. The fourth-order valence-corrected chi connectivity index (χ4v) is 7.19. The summed E-state index contributed by atoms with van der Waals surface area (Å²) in [6.45, 7) is 0. The highest BCUT2D eigenvalue weighted by Crippen LogP contribution is 2.53.